The van der Waals surface area contributed by atoms with Crippen LogP contribution in [-0.4, -0.2) is 48.8 Å². The minimum atomic E-state index is -0.502. The molecule has 0 aliphatic heterocycles. The van der Waals surface area contributed by atoms with Crippen molar-refractivity contribution in [2.45, 2.75) is 45.8 Å². The van der Waals surface area contributed by atoms with E-state index in [1.165, 1.54) is 12.8 Å². The molecule has 1 heterocycles. The van der Waals surface area contributed by atoms with Crippen LogP contribution in [0.15, 0.2) is 30.5 Å². The molecule has 0 radical (unpaired) electrons. The van der Waals surface area contributed by atoms with E-state index in [9.17, 15) is 4.79 Å². The number of rotatable bonds is 8. The standard InChI is InChI=1S/C22H31N3O3S/c1-21(2,3)28-20(26)24-13-18-12-23-19(29-18)16-6-8-17(9-7-16)27-15-22(10-11-22)14-25(4)5/h6-9,12H,10-11,13-15H2,1-5H3,(H,24,26). The highest BCUT2D eigenvalue weighted by atomic mass is 32.1. The number of hydrogen-bond acceptors (Lipinski definition) is 6. The Balaban J connectivity index is 1.51. The number of nitrogens with zero attached hydrogens (tertiary/aromatic N) is 2. The van der Waals surface area contributed by atoms with Crippen LogP contribution in [0.5, 0.6) is 5.75 Å². The smallest absolute Gasteiger partial charge is 0.407 e. The Kier molecular flexibility index (Phi) is 6.49. The molecule has 1 amide bonds. The maximum atomic E-state index is 11.8. The topological polar surface area (TPSA) is 63.7 Å². The van der Waals surface area contributed by atoms with Crippen LogP contribution < -0.4 is 10.1 Å². The minimum absolute atomic E-state index is 0.327. The summed E-state index contributed by atoms with van der Waals surface area (Å²) >= 11 is 1.56. The number of benzene rings is 1. The number of carbonyl (C=O) groups is 1. The summed E-state index contributed by atoms with van der Waals surface area (Å²) in [5.74, 6) is 0.891. The number of hydrogen-bond donors (Lipinski definition) is 1. The van der Waals surface area contributed by atoms with Crippen LogP contribution in [0.4, 0.5) is 4.79 Å². The Bertz CT molecular complexity index is 821. The Morgan fingerprint density at radius 2 is 1.93 bits per heavy atom. The van der Waals surface area contributed by atoms with E-state index >= 15 is 0 Å². The van der Waals surface area contributed by atoms with Gasteiger partial charge in [-0.05, 0) is 72.0 Å². The molecule has 2 aromatic rings. The number of alkyl carbamates (subject to hydrolysis) is 1. The normalized spacial score (nSPS) is 15.2. The third-order valence-electron chi connectivity index (χ3n) is 4.61. The first-order valence-corrected chi connectivity index (χ1v) is 10.8. The number of ether oxygens (including phenoxy) is 2. The third kappa shape index (κ3) is 6.72. The van der Waals surface area contributed by atoms with Gasteiger partial charge in [-0.25, -0.2) is 9.78 Å². The van der Waals surface area contributed by atoms with Gasteiger partial charge in [-0.15, -0.1) is 11.3 Å². The molecule has 1 N–H and O–H groups in total. The van der Waals surface area contributed by atoms with Crippen LogP contribution in [0, 0.1) is 5.41 Å². The van der Waals surface area contributed by atoms with Crippen molar-refractivity contribution in [3.8, 4) is 16.3 Å². The molecule has 0 saturated heterocycles. The molecule has 0 atom stereocenters. The van der Waals surface area contributed by atoms with Crippen molar-refractivity contribution in [2.75, 3.05) is 27.2 Å². The summed E-state index contributed by atoms with van der Waals surface area (Å²) in [4.78, 5) is 19.5. The predicted molar refractivity (Wildman–Crippen MR) is 116 cm³/mol. The molecule has 1 saturated carbocycles. The number of nitrogens with one attached hydrogen (secondary N) is 1. The highest BCUT2D eigenvalue weighted by molar-refractivity contribution is 7.15. The number of carbonyl (C=O) groups excluding carboxylic acids is 1. The lowest BCUT2D eigenvalue weighted by atomic mass is 10.1. The summed E-state index contributed by atoms with van der Waals surface area (Å²) in [5.41, 5.74) is 0.867. The monoisotopic (exact) mass is 417 g/mol. The molecule has 7 heteroatoms. The van der Waals surface area contributed by atoms with Gasteiger partial charge < -0.3 is 19.7 Å². The van der Waals surface area contributed by atoms with Gasteiger partial charge in [-0.3, -0.25) is 0 Å². The first-order chi connectivity index (χ1) is 13.6. The van der Waals surface area contributed by atoms with Crippen molar-refractivity contribution < 1.29 is 14.3 Å². The van der Waals surface area contributed by atoms with E-state index in [0.29, 0.717) is 12.0 Å². The number of aromatic nitrogens is 1. The average molecular weight is 418 g/mol. The van der Waals surface area contributed by atoms with Crippen molar-refractivity contribution in [3.05, 3.63) is 35.3 Å². The quantitative estimate of drug-likeness (QED) is 0.682. The van der Waals surface area contributed by atoms with Gasteiger partial charge in [0.05, 0.1) is 13.2 Å². The van der Waals surface area contributed by atoms with Gasteiger partial charge in [0.2, 0.25) is 0 Å². The summed E-state index contributed by atoms with van der Waals surface area (Å²) < 4.78 is 11.3. The van der Waals surface area contributed by atoms with Gasteiger partial charge in [0.25, 0.3) is 0 Å². The first kappa shape index (κ1) is 21.6. The van der Waals surface area contributed by atoms with Crippen LogP contribution in [0.3, 0.4) is 0 Å². The van der Waals surface area contributed by atoms with Gasteiger partial charge in [-0.1, -0.05) is 0 Å². The minimum Gasteiger partial charge on any atom is -0.493 e. The van der Waals surface area contributed by atoms with Crippen molar-refractivity contribution in [3.63, 3.8) is 0 Å². The predicted octanol–water partition coefficient (Wildman–Crippen LogP) is 4.56. The lowest BCUT2D eigenvalue weighted by Crippen LogP contribution is -2.31. The largest absolute Gasteiger partial charge is 0.493 e. The Hall–Kier alpha value is -2.12. The maximum Gasteiger partial charge on any atom is 0.407 e. The van der Waals surface area contributed by atoms with Crippen molar-refractivity contribution in [2.24, 2.45) is 5.41 Å². The van der Waals surface area contributed by atoms with Crippen LogP contribution in [0.1, 0.15) is 38.5 Å². The van der Waals surface area contributed by atoms with E-state index in [1.807, 2.05) is 45.0 Å². The molecule has 1 fully saturated rings. The summed E-state index contributed by atoms with van der Waals surface area (Å²) in [5, 5.41) is 3.69. The lowest BCUT2D eigenvalue weighted by Gasteiger charge is -2.20. The Labute approximate surface area is 177 Å². The Morgan fingerprint density at radius 3 is 2.52 bits per heavy atom. The van der Waals surface area contributed by atoms with Gasteiger partial charge in [0.15, 0.2) is 0 Å². The van der Waals surface area contributed by atoms with Gasteiger partial charge in [0, 0.05) is 28.6 Å². The number of thiazole rings is 1. The highest BCUT2D eigenvalue weighted by Gasteiger charge is 2.43. The van der Waals surface area contributed by atoms with Crippen LogP contribution >= 0.6 is 11.3 Å². The second kappa shape index (κ2) is 8.71. The molecule has 1 aliphatic rings. The molecule has 1 aromatic heterocycles. The highest BCUT2D eigenvalue weighted by Crippen LogP contribution is 2.46. The third-order valence-corrected chi connectivity index (χ3v) is 5.66. The van der Waals surface area contributed by atoms with E-state index < -0.39 is 11.7 Å². The van der Waals surface area contributed by atoms with Crippen molar-refractivity contribution in [1.29, 1.82) is 0 Å². The van der Waals surface area contributed by atoms with E-state index in [2.05, 4.69) is 29.3 Å². The fraction of sp³-hybridized carbons (Fsp3) is 0.545. The van der Waals surface area contributed by atoms with E-state index in [1.54, 1.807) is 17.5 Å². The molecular formula is C22H31N3O3S. The Morgan fingerprint density at radius 1 is 1.24 bits per heavy atom. The molecule has 3 rings (SSSR count). The molecule has 158 valence electrons. The van der Waals surface area contributed by atoms with Crippen molar-refractivity contribution in [1.82, 2.24) is 15.2 Å². The second-order valence-corrected chi connectivity index (χ2v) is 10.2. The summed E-state index contributed by atoms with van der Waals surface area (Å²) in [6.07, 6.45) is 3.85. The fourth-order valence-corrected chi connectivity index (χ4v) is 3.98. The first-order valence-electron chi connectivity index (χ1n) is 9.94. The van der Waals surface area contributed by atoms with Crippen LogP contribution in [0.25, 0.3) is 10.6 Å². The molecule has 0 bridgehead atoms. The summed E-state index contributed by atoms with van der Waals surface area (Å²) in [7, 11) is 4.22. The zero-order chi connectivity index (χ0) is 21.1. The number of amides is 1. The van der Waals surface area contributed by atoms with Crippen molar-refractivity contribution >= 4 is 17.4 Å². The molecule has 6 nitrogen and oxygen atoms in total. The molecule has 1 aromatic carbocycles. The molecule has 0 spiro atoms. The second-order valence-electron chi connectivity index (χ2n) is 9.04. The van der Waals surface area contributed by atoms with E-state index in [0.717, 1.165) is 34.3 Å². The SMILES string of the molecule is CN(C)CC1(COc2ccc(-c3ncc(CNC(=O)OC(C)(C)C)s3)cc2)CC1. The lowest BCUT2D eigenvalue weighted by molar-refractivity contribution is 0.0524. The molecular weight excluding hydrogens is 386 g/mol. The van der Waals surface area contributed by atoms with E-state index in [-0.39, 0.29) is 0 Å². The molecule has 0 unspecified atom stereocenters. The van der Waals surface area contributed by atoms with Crippen LogP contribution in [-0.2, 0) is 11.3 Å². The van der Waals surface area contributed by atoms with Gasteiger partial charge >= 0.3 is 6.09 Å². The zero-order valence-electron chi connectivity index (χ0n) is 17.9. The molecule has 1 aliphatic carbocycles. The van der Waals surface area contributed by atoms with Crippen LogP contribution in [0.2, 0.25) is 0 Å². The zero-order valence-corrected chi connectivity index (χ0v) is 18.8. The summed E-state index contributed by atoms with van der Waals surface area (Å²) in [6.45, 7) is 7.78. The maximum absolute atomic E-state index is 11.8. The fourth-order valence-electron chi connectivity index (χ4n) is 3.12. The molecule has 29 heavy (non-hydrogen) atoms. The van der Waals surface area contributed by atoms with Gasteiger partial charge in [-0.2, -0.15) is 0 Å². The average Bonchev–Trinajstić information content (AvgIpc) is 3.21. The van der Waals surface area contributed by atoms with E-state index in [4.69, 9.17) is 9.47 Å². The van der Waals surface area contributed by atoms with Gasteiger partial charge in [0.1, 0.15) is 16.4 Å². The summed E-state index contributed by atoms with van der Waals surface area (Å²) in [6, 6.07) is 8.07.